The summed E-state index contributed by atoms with van der Waals surface area (Å²) in [5.74, 6) is 1.08. The highest BCUT2D eigenvalue weighted by Gasteiger charge is 2.21. The number of nitrogens with zero attached hydrogens (tertiary/aromatic N) is 5. The summed E-state index contributed by atoms with van der Waals surface area (Å²) in [6.07, 6.45) is 4.84. The molecule has 1 aromatic carbocycles. The van der Waals surface area contributed by atoms with E-state index in [0.717, 1.165) is 18.4 Å². The number of benzene rings is 1. The molecule has 0 saturated carbocycles. The van der Waals surface area contributed by atoms with Crippen LogP contribution in [0.3, 0.4) is 0 Å². The molecule has 0 spiro atoms. The molecule has 0 bridgehead atoms. The number of urea groups is 2. The predicted molar refractivity (Wildman–Crippen MR) is 143 cm³/mol. The molecule has 2 fully saturated rings. The Morgan fingerprint density at radius 1 is 0.897 bits per heavy atom. The average molecular weight is 538 g/mol. The molecule has 2 aliphatic rings. The van der Waals surface area contributed by atoms with Crippen LogP contribution in [0.5, 0.6) is 6.01 Å². The summed E-state index contributed by atoms with van der Waals surface area (Å²) in [4.78, 5) is 41.2. The van der Waals surface area contributed by atoms with E-state index in [1.165, 1.54) is 0 Å². The summed E-state index contributed by atoms with van der Waals surface area (Å²) in [6, 6.07) is 9.96. The van der Waals surface area contributed by atoms with Crippen LogP contribution in [0.25, 0.3) is 11.4 Å². The van der Waals surface area contributed by atoms with E-state index < -0.39 is 6.03 Å². The maximum atomic E-state index is 12.3. The quantitative estimate of drug-likeness (QED) is 0.361. The van der Waals surface area contributed by atoms with Crippen LogP contribution in [0.1, 0.15) is 12.8 Å². The van der Waals surface area contributed by atoms with Crippen molar-refractivity contribution in [1.82, 2.24) is 19.9 Å². The summed E-state index contributed by atoms with van der Waals surface area (Å²) in [6.45, 7) is 3.99. The minimum absolute atomic E-state index is 0.0152. The van der Waals surface area contributed by atoms with E-state index >= 15 is 0 Å². The van der Waals surface area contributed by atoms with Crippen molar-refractivity contribution in [3.8, 4) is 17.4 Å². The Kier molecular flexibility index (Phi) is 9.74. The van der Waals surface area contributed by atoms with E-state index in [4.69, 9.17) is 24.0 Å². The number of morpholine rings is 1. The van der Waals surface area contributed by atoms with Crippen LogP contribution >= 0.6 is 0 Å². The molecule has 4 amide bonds. The van der Waals surface area contributed by atoms with Gasteiger partial charge in [-0.25, -0.2) is 9.59 Å². The maximum Gasteiger partial charge on any atom is 0.323 e. The summed E-state index contributed by atoms with van der Waals surface area (Å²) in [5, 5.41) is 5.55. The van der Waals surface area contributed by atoms with Crippen LogP contribution in [0.15, 0.2) is 48.8 Å². The molecule has 2 saturated heterocycles. The van der Waals surface area contributed by atoms with Gasteiger partial charge in [-0.1, -0.05) is 0 Å². The molecule has 2 aromatic heterocycles. The lowest BCUT2D eigenvalue weighted by molar-refractivity contribution is 0.0216. The van der Waals surface area contributed by atoms with E-state index in [9.17, 15) is 4.79 Å². The van der Waals surface area contributed by atoms with Crippen molar-refractivity contribution < 1.29 is 23.8 Å². The molecule has 0 unspecified atom stereocenters. The number of rotatable bonds is 6. The molecule has 4 heterocycles. The minimum atomic E-state index is -0.833. The summed E-state index contributed by atoms with van der Waals surface area (Å²) >= 11 is 0. The van der Waals surface area contributed by atoms with E-state index in [0.29, 0.717) is 68.7 Å². The number of anilines is 3. The van der Waals surface area contributed by atoms with Crippen molar-refractivity contribution in [2.24, 2.45) is 11.5 Å². The first-order valence-corrected chi connectivity index (χ1v) is 12.4. The second-order valence-electron chi connectivity index (χ2n) is 8.57. The molecule has 14 nitrogen and oxygen atoms in total. The highest BCUT2D eigenvalue weighted by atomic mass is 16.5. The van der Waals surface area contributed by atoms with Crippen molar-refractivity contribution in [2.75, 3.05) is 55.1 Å². The smallest absolute Gasteiger partial charge is 0.323 e. The second-order valence-corrected chi connectivity index (χ2v) is 8.57. The van der Waals surface area contributed by atoms with Crippen molar-refractivity contribution in [1.29, 1.82) is 0 Å². The van der Waals surface area contributed by atoms with E-state index in [2.05, 4.69) is 42.0 Å². The highest BCUT2D eigenvalue weighted by molar-refractivity contribution is 5.99. The Hall–Kier alpha value is -4.56. The normalized spacial score (nSPS) is 15.4. The van der Waals surface area contributed by atoms with Crippen LogP contribution in [0.2, 0.25) is 0 Å². The van der Waals surface area contributed by atoms with Gasteiger partial charge < -0.3 is 41.2 Å². The first kappa shape index (κ1) is 27.5. The molecule has 0 aliphatic carbocycles. The molecule has 39 heavy (non-hydrogen) atoms. The summed E-state index contributed by atoms with van der Waals surface area (Å²) < 4.78 is 17.0. The topological polar surface area (TPSA) is 193 Å². The Labute approximate surface area is 225 Å². The number of amides is 4. The fourth-order valence-corrected chi connectivity index (χ4v) is 3.81. The number of carbonyl (C=O) groups excluding carboxylic acids is 2. The van der Waals surface area contributed by atoms with Crippen molar-refractivity contribution in [3.63, 3.8) is 0 Å². The number of ether oxygens (including phenoxy) is 3. The predicted octanol–water partition coefficient (Wildman–Crippen LogP) is 2.00. The number of pyridine rings is 1. The van der Waals surface area contributed by atoms with Crippen LogP contribution in [-0.4, -0.2) is 77.6 Å². The number of carbonyl (C=O) groups is 2. The monoisotopic (exact) mass is 537 g/mol. The lowest BCUT2D eigenvalue weighted by Gasteiger charge is -2.27. The number of aromatic nitrogens is 4. The number of nitrogens with two attached hydrogens (primary N) is 2. The van der Waals surface area contributed by atoms with E-state index in [1.807, 2.05) is 12.1 Å². The molecule has 5 rings (SSSR count). The van der Waals surface area contributed by atoms with Gasteiger partial charge in [-0.15, -0.1) is 0 Å². The van der Waals surface area contributed by atoms with Gasteiger partial charge in [-0.2, -0.15) is 15.0 Å². The van der Waals surface area contributed by atoms with Crippen molar-refractivity contribution in [3.05, 3.63) is 48.8 Å². The molecule has 0 atom stereocenters. The Morgan fingerprint density at radius 3 is 2.23 bits per heavy atom. The van der Waals surface area contributed by atoms with Crippen LogP contribution < -0.4 is 31.7 Å². The molecule has 6 N–H and O–H groups in total. The molecule has 3 aromatic rings. The molecular formula is C25H31N9O5. The van der Waals surface area contributed by atoms with Crippen LogP contribution in [0.4, 0.5) is 26.9 Å². The van der Waals surface area contributed by atoms with E-state index in [-0.39, 0.29) is 12.1 Å². The fraction of sp³-hybridized carbons (Fsp3) is 0.360. The fourth-order valence-electron chi connectivity index (χ4n) is 3.81. The zero-order valence-electron chi connectivity index (χ0n) is 21.3. The zero-order valence-corrected chi connectivity index (χ0v) is 21.3. The molecule has 2 aliphatic heterocycles. The van der Waals surface area contributed by atoms with Gasteiger partial charge in [-0.05, 0) is 36.4 Å². The third-order valence-electron chi connectivity index (χ3n) is 5.66. The Balaban J connectivity index is 0.000000826. The number of primary amides is 2. The zero-order chi connectivity index (χ0) is 27.5. The minimum Gasteiger partial charge on any atom is -0.460 e. The summed E-state index contributed by atoms with van der Waals surface area (Å²) in [7, 11) is 0. The van der Waals surface area contributed by atoms with Crippen LogP contribution in [0, 0.1) is 0 Å². The standard InChI is InChI=1S/C24H27N7O4.CH4N2O/c32-23(27-19-2-1-9-25-16-19)26-18-5-3-17(4-6-18)21-28-22(31-10-14-34-15-11-31)30-24(29-21)35-20-7-12-33-13-8-20;2-1(3)4/h1-6,9,16,20H,7-8,10-15H2,(H2,26,27,32);(H4,2,3,4). The van der Waals surface area contributed by atoms with Gasteiger partial charge in [0.25, 0.3) is 0 Å². The lowest BCUT2D eigenvalue weighted by atomic mass is 10.2. The van der Waals surface area contributed by atoms with Crippen molar-refractivity contribution >= 4 is 29.4 Å². The van der Waals surface area contributed by atoms with Crippen molar-refractivity contribution in [2.45, 2.75) is 18.9 Å². The SMILES string of the molecule is NC(N)=O.O=C(Nc1ccc(-c2nc(OC3CCOCC3)nc(N3CCOCC3)n2)cc1)Nc1cccnc1. The Morgan fingerprint density at radius 2 is 1.56 bits per heavy atom. The second kappa shape index (κ2) is 13.8. The van der Waals surface area contributed by atoms with Gasteiger partial charge >= 0.3 is 18.1 Å². The van der Waals surface area contributed by atoms with Gasteiger partial charge in [0.05, 0.1) is 38.3 Å². The van der Waals surface area contributed by atoms with E-state index in [1.54, 1.807) is 36.7 Å². The molecule has 206 valence electrons. The first-order chi connectivity index (χ1) is 19.0. The first-order valence-electron chi connectivity index (χ1n) is 12.4. The van der Waals surface area contributed by atoms with Gasteiger partial charge in [0.2, 0.25) is 5.95 Å². The van der Waals surface area contributed by atoms with Gasteiger partial charge in [0.1, 0.15) is 6.10 Å². The number of hydrogen-bond donors (Lipinski definition) is 4. The van der Waals surface area contributed by atoms with Crippen LogP contribution in [-0.2, 0) is 9.47 Å². The third kappa shape index (κ3) is 8.76. The maximum absolute atomic E-state index is 12.3. The Bertz CT molecular complexity index is 1210. The van der Waals surface area contributed by atoms with Gasteiger partial charge in [0.15, 0.2) is 5.82 Å². The van der Waals surface area contributed by atoms with Gasteiger partial charge in [-0.3, -0.25) is 4.98 Å². The lowest BCUT2D eigenvalue weighted by Crippen LogP contribution is -2.37. The molecule has 14 heteroatoms. The number of hydrogen-bond acceptors (Lipinski definition) is 10. The third-order valence-corrected chi connectivity index (χ3v) is 5.66. The highest BCUT2D eigenvalue weighted by Crippen LogP contribution is 2.24. The molecular weight excluding hydrogens is 506 g/mol. The average Bonchev–Trinajstić information content (AvgIpc) is 2.94. The largest absolute Gasteiger partial charge is 0.460 e. The number of nitrogens with one attached hydrogen (secondary N) is 2. The molecule has 0 radical (unpaired) electrons. The van der Waals surface area contributed by atoms with Gasteiger partial charge in [0, 0.05) is 43.4 Å². The summed E-state index contributed by atoms with van der Waals surface area (Å²) in [5.41, 5.74) is 10.5.